The van der Waals surface area contributed by atoms with Crippen molar-refractivity contribution in [3.05, 3.63) is 12.2 Å². The van der Waals surface area contributed by atoms with Crippen LogP contribution in [0.5, 0.6) is 0 Å². The summed E-state index contributed by atoms with van der Waals surface area (Å²) < 4.78 is 10.2. The SMILES string of the molecule is C=C(C)C(=O)OCCCCC(C)O[SiH3]. The lowest BCUT2D eigenvalue weighted by Crippen LogP contribution is -2.08. The Morgan fingerprint density at radius 3 is 2.64 bits per heavy atom. The zero-order valence-corrected chi connectivity index (χ0v) is 11.3. The molecule has 0 saturated carbocycles. The zero-order chi connectivity index (χ0) is 11.0. The van der Waals surface area contributed by atoms with E-state index in [0.717, 1.165) is 29.7 Å². The van der Waals surface area contributed by atoms with Crippen molar-refractivity contribution < 1.29 is 14.0 Å². The van der Waals surface area contributed by atoms with Crippen LogP contribution < -0.4 is 0 Å². The number of rotatable bonds is 7. The van der Waals surface area contributed by atoms with Crippen molar-refractivity contribution in [1.82, 2.24) is 0 Å². The van der Waals surface area contributed by atoms with E-state index in [4.69, 9.17) is 9.16 Å². The highest BCUT2D eigenvalue weighted by Crippen LogP contribution is 2.03. The fraction of sp³-hybridized carbons (Fsp3) is 0.700. The van der Waals surface area contributed by atoms with Gasteiger partial charge in [-0.1, -0.05) is 6.58 Å². The fourth-order valence-corrected chi connectivity index (χ4v) is 1.18. The van der Waals surface area contributed by atoms with E-state index in [1.54, 1.807) is 6.92 Å². The number of unbranched alkanes of at least 4 members (excludes halogenated alkanes) is 1. The van der Waals surface area contributed by atoms with E-state index in [1.165, 1.54) is 0 Å². The van der Waals surface area contributed by atoms with E-state index in [-0.39, 0.29) is 5.97 Å². The molecule has 3 nitrogen and oxygen atoms in total. The van der Waals surface area contributed by atoms with Gasteiger partial charge in [0.1, 0.15) is 10.5 Å². The molecule has 14 heavy (non-hydrogen) atoms. The largest absolute Gasteiger partial charge is 0.462 e. The molecule has 0 spiro atoms. The highest BCUT2D eigenvalue weighted by atomic mass is 28.2. The summed E-state index contributed by atoms with van der Waals surface area (Å²) in [4.78, 5) is 11.0. The Hall–Kier alpha value is -0.613. The standard InChI is InChI=1S/C10H20O3Si/c1-8(2)10(11)12-7-5-4-6-9(3)13-14/h9H,1,4-7H2,2-3,14H3. The average Bonchev–Trinajstić information content (AvgIpc) is 2.16. The van der Waals surface area contributed by atoms with Gasteiger partial charge >= 0.3 is 5.97 Å². The van der Waals surface area contributed by atoms with E-state index in [0.29, 0.717) is 18.3 Å². The second-order valence-electron chi connectivity index (χ2n) is 3.46. The normalized spacial score (nSPS) is 12.4. The minimum atomic E-state index is -0.294. The highest BCUT2D eigenvalue weighted by Gasteiger charge is 2.02. The number of hydrogen-bond acceptors (Lipinski definition) is 3. The first kappa shape index (κ1) is 13.4. The average molecular weight is 216 g/mol. The Morgan fingerprint density at radius 1 is 1.50 bits per heavy atom. The molecule has 0 aromatic heterocycles. The molecule has 0 saturated heterocycles. The number of carbonyl (C=O) groups is 1. The fourth-order valence-electron chi connectivity index (χ4n) is 0.940. The predicted molar refractivity (Wildman–Crippen MR) is 60.1 cm³/mol. The van der Waals surface area contributed by atoms with Crippen molar-refractivity contribution >= 4 is 16.5 Å². The van der Waals surface area contributed by atoms with E-state index < -0.39 is 0 Å². The first-order chi connectivity index (χ1) is 6.57. The van der Waals surface area contributed by atoms with Crippen LogP contribution in [0.2, 0.25) is 0 Å². The van der Waals surface area contributed by atoms with Crippen molar-refractivity contribution in [2.24, 2.45) is 0 Å². The van der Waals surface area contributed by atoms with Crippen LogP contribution in [0, 0.1) is 0 Å². The Labute approximate surface area is 89.0 Å². The lowest BCUT2D eigenvalue weighted by Gasteiger charge is -2.09. The van der Waals surface area contributed by atoms with Crippen molar-refractivity contribution in [2.75, 3.05) is 6.61 Å². The summed E-state index contributed by atoms with van der Waals surface area (Å²) in [5.41, 5.74) is 0.459. The van der Waals surface area contributed by atoms with Crippen LogP contribution >= 0.6 is 0 Å². The van der Waals surface area contributed by atoms with Gasteiger partial charge in [-0.3, -0.25) is 0 Å². The van der Waals surface area contributed by atoms with E-state index in [2.05, 4.69) is 13.5 Å². The monoisotopic (exact) mass is 216 g/mol. The quantitative estimate of drug-likeness (QED) is 0.275. The molecule has 0 rings (SSSR count). The van der Waals surface area contributed by atoms with Crippen molar-refractivity contribution in [1.29, 1.82) is 0 Å². The van der Waals surface area contributed by atoms with Crippen LogP contribution in [-0.2, 0) is 14.0 Å². The first-order valence-corrected chi connectivity index (χ1v) is 5.75. The molecule has 82 valence electrons. The summed E-state index contributed by atoms with van der Waals surface area (Å²) in [5.74, 6) is -0.294. The van der Waals surface area contributed by atoms with E-state index in [9.17, 15) is 4.79 Å². The summed E-state index contributed by atoms with van der Waals surface area (Å²) in [7, 11) is 0.790. The van der Waals surface area contributed by atoms with Gasteiger partial charge in [-0.25, -0.2) is 4.79 Å². The van der Waals surface area contributed by atoms with Crippen molar-refractivity contribution in [2.45, 2.75) is 39.2 Å². The molecule has 0 N–H and O–H groups in total. The molecule has 0 fully saturated rings. The molecule has 0 aliphatic heterocycles. The topological polar surface area (TPSA) is 35.5 Å². The van der Waals surface area contributed by atoms with Crippen molar-refractivity contribution in [3.8, 4) is 0 Å². The van der Waals surface area contributed by atoms with Crippen molar-refractivity contribution in [3.63, 3.8) is 0 Å². The van der Waals surface area contributed by atoms with Crippen LogP contribution in [0.25, 0.3) is 0 Å². The van der Waals surface area contributed by atoms with Gasteiger partial charge in [0.2, 0.25) is 0 Å². The molecule has 0 heterocycles. The van der Waals surface area contributed by atoms with E-state index in [1.807, 2.05) is 0 Å². The molecule has 0 aliphatic rings. The second kappa shape index (κ2) is 7.76. The molecule has 0 aromatic rings. The van der Waals surface area contributed by atoms with Gasteiger partial charge < -0.3 is 9.16 Å². The molecular formula is C10H20O3Si. The van der Waals surface area contributed by atoms with E-state index >= 15 is 0 Å². The van der Waals surface area contributed by atoms with Gasteiger partial charge in [0, 0.05) is 11.7 Å². The number of esters is 1. The lowest BCUT2D eigenvalue weighted by molar-refractivity contribution is -0.139. The third kappa shape index (κ3) is 6.86. The Balaban J connectivity index is 3.30. The third-order valence-corrected chi connectivity index (χ3v) is 2.79. The Bertz CT molecular complexity index is 192. The van der Waals surface area contributed by atoms with Gasteiger partial charge in [0.05, 0.1) is 6.61 Å². The summed E-state index contributed by atoms with van der Waals surface area (Å²) in [6, 6.07) is 0. The van der Waals surface area contributed by atoms with Crippen LogP contribution in [0.4, 0.5) is 0 Å². The first-order valence-electron chi connectivity index (χ1n) is 4.93. The zero-order valence-electron chi connectivity index (χ0n) is 9.34. The number of carbonyl (C=O) groups excluding carboxylic acids is 1. The molecule has 4 heteroatoms. The predicted octanol–water partition coefficient (Wildman–Crippen LogP) is 0.961. The molecule has 0 aliphatic carbocycles. The molecule has 0 amide bonds. The Morgan fingerprint density at radius 2 is 2.14 bits per heavy atom. The smallest absolute Gasteiger partial charge is 0.333 e. The molecule has 1 unspecified atom stereocenters. The number of hydrogen-bond donors (Lipinski definition) is 0. The maximum Gasteiger partial charge on any atom is 0.333 e. The second-order valence-corrected chi connectivity index (χ2v) is 3.93. The molecule has 1 atom stereocenters. The highest BCUT2D eigenvalue weighted by molar-refractivity contribution is 5.98. The summed E-state index contributed by atoms with van der Waals surface area (Å²) >= 11 is 0. The number of ether oxygens (including phenoxy) is 1. The summed E-state index contributed by atoms with van der Waals surface area (Å²) in [5, 5.41) is 0. The summed E-state index contributed by atoms with van der Waals surface area (Å²) in [6.45, 7) is 7.71. The van der Waals surface area contributed by atoms with Gasteiger partial charge in [-0.2, -0.15) is 0 Å². The molecule has 0 radical (unpaired) electrons. The lowest BCUT2D eigenvalue weighted by atomic mass is 10.2. The van der Waals surface area contributed by atoms with Gasteiger partial charge in [0.25, 0.3) is 0 Å². The van der Waals surface area contributed by atoms with Gasteiger partial charge in [-0.05, 0) is 33.1 Å². The summed E-state index contributed by atoms with van der Waals surface area (Å²) in [6.07, 6.45) is 3.31. The van der Waals surface area contributed by atoms with Crippen LogP contribution in [0.15, 0.2) is 12.2 Å². The third-order valence-electron chi connectivity index (χ3n) is 1.99. The molecule has 0 bridgehead atoms. The molecular weight excluding hydrogens is 196 g/mol. The minimum Gasteiger partial charge on any atom is -0.462 e. The van der Waals surface area contributed by atoms with Crippen LogP contribution in [0.3, 0.4) is 0 Å². The van der Waals surface area contributed by atoms with Gasteiger partial charge in [-0.15, -0.1) is 0 Å². The van der Waals surface area contributed by atoms with Crippen LogP contribution in [0.1, 0.15) is 33.1 Å². The molecule has 0 aromatic carbocycles. The minimum absolute atomic E-state index is 0.294. The van der Waals surface area contributed by atoms with Crippen LogP contribution in [-0.4, -0.2) is 29.2 Å². The maximum absolute atomic E-state index is 11.0. The van der Waals surface area contributed by atoms with Gasteiger partial charge in [0.15, 0.2) is 0 Å². The Kier molecular flexibility index (Phi) is 7.42. The maximum atomic E-state index is 11.0.